The second-order valence-electron chi connectivity index (χ2n) is 16.1. The van der Waals surface area contributed by atoms with E-state index in [1.807, 2.05) is 0 Å². The van der Waals surface area contributed by atoms with E-state index in [2.05, 4.69) is 165 Å². The van der Waals surface area contributed by atoms with Gasteiger partial charge in [-0.15, -0.1) is 0 Å². The summed E-state index contributed by atoms with van der Waals surface area (Å²) in [6.07, 6.45) is 4.34. The molecular formula is C52H50. The number of aryl methyl sites for hydroxylation is 4. The summed E-state index contributed by atoms with van der Waals surface area (Å²) in [4.78, 5) is 0. The van der Waals surface area contributed by atoms with E-state index in [1.54, 1.807) is 0 Å². The quantitative estimate of drug-likeness (QED) is 0.154. The van der Waals surface area contributed by atoms with Crippen LogP contribution in [0.1, 0.15) is 97.9 Å². The summed E-state index contributed by atoms with van der Waals surface area (Å²) in [6, 6.07) is 43.2. The third kappa shape index (κ3) is 4.40. The van der Waals surface area contributed by atoms with E-state index in [0.29, 0.717) is 0 Å². The summed E-state index contributed by atoms with van der Waals surface area (Å²) in [7, 11) is 0. The van der Waals surface area contributed by atoms with Crippen LogP contribution >= 0.6 is 0 Å². The number of rotatable bonds is 6. The molecule has 0 bridgehead atoms. The van der Waals surface area contributed by atoms with Crippen molar-refractivity contribution in [3.63, 3.8) is 0 Å². The lowest BCUT2D eigenvalue weighted by Gasteiger charge is -2.32. The standard InChI is InChI=1S/C52H50/c1-9-51(10-2)45-20-16-15-17-37(45)41-28-47-42(29-46(41)51)40-27-43-44(30-48(40)52(47,11-3)12-4)50(36-25-33(7)22-34(8)26-36)39-19-14-13-18-38(39)49(43)35-23-31(5)21-32(6)24-35/h13-30H,9-12H2,1-8H3. The maximum Gasteiger partial charge on any atom is 0.0210 e. The first-order valence-electron chi connectivity index (χ1n) is 19.7. The first kappa shape index (κ1) is 32.9. The van der Waals surface area contributed by atoms with Gasteiger partial charge in [0.25, 0.3) is 0 Å². The Morgan fingerprint density at radius 3 is 1.23 bits per heavy atom. The second kappa shape index (κ2) is 11.8. The van der Waals surface area contributed by atoms with Crippen LogP contribution in [0.15, 0.2) is 109 Å². The zero-order chi connectivity index (χ0) is 36.1. The van der Waals surface area contributed by atoms with Crippen molar-refractivity contribution in [1.29, 1.82) is 0 Å². The highest BCUT2D eigenvalue weighted by Crippen LogP contribution is 2.61. The molecule has 258 valence electrons. The number of fused-ring (bicyclic) bond motifs is 8. The van der Waals surface area contributed by atoms with E-state index in [4.69, 9.17) is 0 Å². The Bertz CT molecular complexity index is 2560. The third-order valence-electron chi connectivity index (χ3n) is 13.3. The van der Waals surface area contributed by atoms with Gasteiger partial charge >= 0.3 is 0 Å². The lowest BCUT2D eigenvalue weighted by molar-refractivity contribution is 0.485. The largest absolute Gasteiger partial charge is 0.0642 e. The Morgan fingerprint density at radius 1 is 0.346 bits per heavy atom. The molecule has 0 aliphatic heterocycles. The van der Waals surface area contributed by atoms with E-state index in [0.717, 1.165) is 25.7 Å². The normalized spacial score (nSPS) is 14.8. The van der Waals surface area contributed by atoms with Gasteiger partial charge < -0.3 is 0 Å². The molecule has 0 heteroatoms. The molecule has 0 spiro atoms. The summed E-state index contributed by atoms with van der Waals surface area (Å²) in [5.41, 5.74) is 22.4. The van der Waals surface area contributed by atoms with Crippen molar-refractivity contribution in [2.75, 3.05) is 0 Å². The highest BCUT2D eigenvalue weighted by molar-refractivity contribution is 6.22. The fraction of sp³-hybridized carbons (Fsp3) is 0.269. The number of hydrogen-bond donors (Lipinski definition) is 0. The molecule has 7 aromatic rings. The average Bonchev–Trinajstić information content (AvgIpc) is 3.57. The summed E-state index contributed by atoms with van der Waals surface area (Å²) >= 11 is 0. The Labute approximate surface area is 310 Å². The molecule has 0 atom stereocenters. The first-order valence-corrected chi connectivity index (χ1v) is 19.7. The topological polar surface area (TPSA) is 0 Å². The highest BCUT2D eigenvalue weighted by Gasteiger charge is 2.46. The lowest BCUT2D eigenvalue weighted by Crippen LogP contribution is -2.24. The molecule has 0 saturated carbocycles. The Hall–Kier alpha value is -4.94. The van der Waals surface area contributed by atoms with Gasteiger partial charge in [-0.25, -0.2) is 0 Å². The van der Waals surface area contributed by atoms with Crippen molar-refractivity contribution >= 4 is 21.5 Å². The molecule has 0 saturated heterocycles. The fourth-order valence-electron chi connectivity index (χ4n) is 11.0. The molecule has 2 aliphatic rings. The van der Waals surface area contributed by atoms with E-state index in [9.17, 15) is 0 Å². The summed E-state index contributed by atoms with van der Waals surface area (Å²) < 4.78 is 0. The van der Waals surface area contributed by atoms with Gasteiger partial charge in [0.05, 0.1) is 0 Å². The Kier molecular flexibility index (Phi) is 7.47. The van der Waals surface area contributed by atoms with Crippen molar-refractivity contribution in [2.24, 2.45) is 0 Å². The minimum atomic E-state index is -0.0575. The fourth-order valence-corrected chi connectivity index (χ4v) is 11.0. The van der Waals surface area contributed by atoms with Crippen LogP contribution in [0.5, 0.6) is 0 Å². The van der Waals surface area contributed by atoms with Crippen molar-refractivity contribution in [1.82, 2.24) is 0 Å². The minimum absolute atomic E-state index is 0.0400. The van der Waals surface area contributed by atoms with Gasteiger partial charge in [-0.1, -0.05) is 135 Å². The Balaban J connectivity index is 1.46. The molecule has 0 nitrogen and oxygen atoms in total. The van der Waals surface area contributed by atoms with E-state index in [1.165, 1.54) is 111 Å². The summed E-state index contributed by atoms with van der Waals surface area (Å²) in [5.74, 6) is 0. The van der Waals surface area contributed by atoms with Crippen LogP contribution in [0.4, 0.5) is 0 Å². The van der Waals surface area contributed by atoms with Gasteiger partial charge in [0.15, 0.2) is 0 Å². The molecule has 2 aliphatic carbocycles. The summed E-state index contributed by atoms with van der Waals surface area (Å²) in [6.45, 7) is 18.6. The van der Waals surface area contributed by atoms with Gasteiger partial charge in [-0.2, -0.15) is 0 Å². The molecule has 9 rings (SSSR count). The molecule has 0 amide bonds. The van der Waals surface area contributed by atoms with E-state index in [-0.39, 0.29) is 10.8 Å². The highest BCUT2D eigenvalue weighted by atomic mass is 14.5. The minimum Gasteiger partial charge on any atom is -0.0642 e. The van der Waals surface area contributed by atoms with Crippen LogP contribution in [0.25, 0.3) is 66.1 Å². The van der Waals surface area contributed by atoms with E-state index < -0.39 is 0 Å². The Morgan fingerprint density at radius 2 is 0.731 bits per heavy atom. The molecule has 0 aromatic heterocycles. The molecular weight excluding hydrogens is 625 g/mol. The molecule has 0 fully saturated rings. The molecule has 7 aromatic carbocycles. The molecule has 0 radical (unpaired) electrons. The van der Waals surface area contributed by atoms with Gasteiger partial charge in [0.2, 0.25) is 0 Å². The van der Waals surface area contributed by atoms with Crippen LogP contribution in [0.2, 0.25) is 0 Å². The van der Waals surface area contributed by atoms with Crippen molar-refractivity contribution in [3.05, 3.63) is 154 Å². The van der Waals surface area contributed by atoms with Gasteiger partial charge in [0, 0.05) is 10.8 Å². The average molecular weight is 675 g/mol. The smallest absolute Gasteiger partial charge is 0.0210 e. The maximum absolute atomic E-state index is 2.65. The van der Waals surface area contributed by atoms with Crippen LogP contribution < -0.4 is 0 Å². The predicted molar refractivity (Wildman–Crippen MR) is 225 cm³/mol. The van der Waals surface area contributed by atoms with Crippen molar-refractivity contribution in [2.45, 2.75) is 91.9 Å². The second-order valence-corrected chi connectivity index (χ2v) is 16.1. The van der Waals surface area contributed by atoms with Gasteiger partial charge in [-0.3, -0.25) is 0 Å². The van der Waals surface area contributed by atoms with Crippen LogP contribution in [-0.2, 0) is 10.8 Å². The van der Waals surface area contributed by atoms with Crippen molar-refractivity contribution in [3.8, 4) is 44.5 Å². The van der Waals surface area contributed by atoms with Gasteiger partial charge in [-0.05, 0) is 166 Å². The van der Waals surface area contributed by atoms with E-state index >= 15 is 0 Å². The first-order chi connectivity index (χ1) is 25.2. The predicted octanol–water partition coefficient (Wildman–Crippen LogP) is 14.7. The SMILES string of the molecule is CCC1(CC)c2ccccc2-c2cc3c(cc21)-c1cc2c(-c4cc(C)cc(C)c4)c4ccccc4c(-c4cc(C)cc(C)c4)c2cc1C3(CC)CC. The van der Waals surface area contributed by atoms with Gasteiger partial charge in [0.1, 0.15) is 0 Å². The molecule has 0 heterocycles. The zero-order valence-corrected chi connectivity index (χ0v) is 32.2. The number of benzene rings is 7. The zero-order valence-electron chi connectivity index (χ0n) is 32.2. The monoisotopic (exact) mass is 674 g/mol. The van der Waals surface area contributed by atoms with Crippen LogP contribution in [0, 0.1) is 27.7 Å². The lowest BCUT2D eigenvalue weighted by atomic mass is 9.71. The van der Waals surface area contributed by atoms with Crippen LogP contribution in [0.3, 0.4) is 0 Å². The number of hydrogen-bond acceptors (Lipinski definition) is 0. The van der Waals surface area contributed by atoms with Crippen LogP contribution in [-0.4, -0.2) is 0 Å². The summed E-state index contributed by atoms with van der Waals surface area (Å²) in [5, 5.41) is 5.37. The molecule has 0 unspecified atom stereocenters. The maximum atomic E-state index is 2.65. The molecule has 0 N–H and O–H groups in total. The van der Waals surface area contributed by atoms with Crippen molar-refractivity contribution < 1.29 is 0 Å². The molecule has 52 heavy (non-hydrogen) atoms. The third-order valence-corrected chi connectivity index (χ3v) is 13.3.